The molecule has 2 unspecified atom stereocenters. The van der Waals surface area contributed by atoms with E-state index in [1.54, 1.807) is 0 Å². The second-order valence-electron chi connectivity index (χ2n) is 8.25. The normalized spacial score (nSPS) is 23.2. The summed E-state index contributed by atoms with van der Waals surface area (Å²) >= 11 is 2.93. The molecule has 0 aliphatic carbocycles. The zero-order chi connectivity index (χ0) is 28.4. The fourth-order valence-electron chi connectivity index (χ4n) is 3.57. The van der Waals surface area contributed by atoms with Crippen LogP contribution in [0.1, 0.15) is 5.82 Å². The second kappa shape index (κ2) is 11.5. The first kappa shape index (κ1) is 28.8. The minimum absolute atomic E-state index is 0.0536. The number of fused-ring (bicyclic) bond motifs is 1. The number of aromatic nitrogens is 6. The van der Waals surface area contributed by atoms with E-state index in [1.165, 1.54) is 9.58 Å². The zero-order valence-corrected chi connectivity index (χ0v) is 22.0. The van der Waals surface area contributed by atoms with Crippen molar-refractivity contribution < 1.29 is 37.5 Å². The number of carboxylic acids is 1. The van der Waals surface area contributed by atoms with Gasteiger partial charge in [-0.3, -0.25) is 14.4 Å². The summed E-state index contributed by atoms with van der Waals surface area (Å²) in [5.41, 5.74) is 8.99. The van der Waals surface area contributed by atoms with Crippen molar-refractivity contribution in [3.8, 4) is 0 Å². The van der Waals surface area contributed by atoms with Gasteiger partial charge in [0.1, 0.15) is 16.8 Å². The maximum absolute atomic E-state index is 12.9. The lowest BCUT2D eigenvalue weighted by Crippen LogP contribution is -2.74. The Hall–Kier alpha value is -3.24. The first-order chi connectivity index (χ1) is 18.4. The third-order valence-electron chi connectivity index (χ3n) is 5.46. The number of β-lactam (4-membered cyclic amide) rings is 1. The average Bonchev–Trinajstić information content (AvgIpc) is 3.51. The number of nitrogen functional groups attached to an aromatic ring is 1. The largest absolute Gasteiger partial charge is 0.481 e. The molecule has 2 aliphatic rings. The number of nitrogens with one attached hydrogen (secondary N) is 1. The molecule has 0 aromatic carbocycles. The fourth-order valence-corrected chi connectivity index (χ4v) is 6.76. The smallest absolute Gasteiger partial charge is 0.425 e. The molecule has 2 amide bonds. The molecule has 4 rings (SSSR count). The van der Waals surface area contributed by atoms with Crippen molar-refractivity contribution >= 4 is 63.7 Å². The molecule has 0 radical (unpaired) electrons. The Bertz CT molecular complexity index is 1270. The number of halogens is 3. The SMILES string of the molecule is NCCn1nnnc1SCC1(C(=O)O)CS[C@@H]2C(NC(=O)C(=NOCC(F)(F)F)c3nsc(N)n3)C(=O)N2C1. The van der Waals surface area contributed by atoms with Crippen LogP contribution in [-0.2, 0) is 25.8 Å². The maximum Gasteiger partial charge on any atom is 0.425 e. The van der Waals surface area contributed by atoms with E-state index in [0.717, 1.165) is 23.5 Å². The van der Waals surface area contributed by atoms with E-state index in [2.05, 4.69) is 40.2 Å². The minimum Gasteiger partial charge on any atom is -0.481 e. The molecule has 16 nitrogen and oxygen atoms in total. The molecule has 0 saturated carbocycles. The van der Waals surface area contributed by atoms with Gasteiger partial charge in [0.15, 0.2) is 5.13 Å². The summed E-state index contributed by atoms with van der Waals surface area (Å²) in [4.78, 5) is 47.3. The van der Waals surface area contributed by atoms with Gasteiger partial charge in [0.2, 0.25) is 29.2 Å². The Morgan fingerprint density at radius 2 is 2.15 bits per heavy atom. The van der Waals surface area contributed by atoms with Gasteiger partial charge in [0.05, 0.1) is 6.54 Å². The van der Waals surface area contributed by atoms with E-state index in [4.69, 9.17) is 11.5 Å². The van der Waals surface area contributed by atoms with E-state index in [1.807, 2.05) is 0 Å². The van der Waals surface area contributed by atoms with Crippen LogP contribution in [0.25, 0.3) is 0 Å². The van der Waals surface area contributed by atoms with Crippen molar-refractivity contribution in [3.63, 3.8) is 0 Å². The van der Waals surface area contributed by atoms with Crippen molar-refractivity contribution in [2.75, 3.05) is 36.9 Å². The van der Waals surface area contributed by atoms with Gasteiger partial charge in [-0.1, -0.05) is 16.9 Å². The first-order valence-electron chi connectivity index (χ1n) is 10.9. The van der Waals surface area contributed by atoms with Crippen molar-refractivity contribution in [1.82, 2.24) is 39.8 Å². The molecule has 4 heterocycles. The van der Waals surface area contributed by atoms with E-state index in [-0.39, 0.29) is 35.6 Å². The standard InChI is InChI=1S/C17H20F3N11O5S3/c18-17(19,20)4-36-26-7(9-24-14(22)39-27-9)10(32)23-8-11(33)30-3-16(13(34)35,5-37-12(8)30)6-38-15-25-28-29-31(15)2-1-21/h8,12H,1-6,21H2,(H,23,32)(H,34,35)(H2,22,24,27)/t8?,12-,16?/m1/s1. The zero-order valence-electron chi connectivity index (χ0n) is 19.6. The topological polar surface area (TPSA) is 230 Å². The monoisotopic (exact) mass is 611 g/mol. The Kier molecular flexibility index (Phi) is 8.46. The summed E-state index contributed by atoms with van der Waals surface area (Å²) in [5.74, 6) is -3.00. The van der Waals surface area contributed by atoms with Crippen LogP contribution in [0, 0.1) is 5.41 Å². The lowest BCUT2D eigenvalue weighted by molar-refractivity contribution is -0.174. The number of hydrogen-bond acceptors (Lipinski definition) is 15. The van der Waals surface area contributed by atoms with Crippen molar-refractivity contribution in [1.29, 1.82) is 0 Å². The van der Waals surface area contributed by atoms with Gasteiger partial charge in [-0.15, -0.1) is 16.9 Å². The number of nitrogens with zero attached hydrogens (tertiary/aromatic N) is 8. The van der Waals surface area contributed by atoms with Crippen molar-refractivity contribution in [3.05, 3.63) is 5.82 Å². The third kappa shape index (κ3) is 6.33. The molecular weight excluding hydrogens is 591 g/mol. The van der Waals surface area contributed by atoms with Crippen LogP contribution in [0.2, 0.25) is 0 Å². The van der Waals surface area contributed by atoms with Crippen LogP contribution >= 0.6 is 35.1 Å². The number of nitrogens with two attached hydrogens (primary N) is 2. The summed E-state index contributed by atoms with van der Waals surface area (Å²) in [6.45, 7) is -1.29. The lowest BCUT2D eigenvalue weighted by Gasteiger charge is -2.53. The van der Waals surface area contributed by atoms with Crippen LogP contribution in [0.15, 0.2) is 10.3 Å². The van der Waals surface area contributed by atoms with Crippen molar-refractivity contribution in [2.45, 2.75) is 29.3 Å². The van der Waals surface area contributed by atoms with Gasteiger partial charge in [-0.05, 0) is 10.4 Å². The fraction of sp³-hybridized carbons (Fsp3) is 0.588. The van der Waals surface area contributed by atoms with E-state index in [9.17, 15) is 32.7 Å². The number of tetrazole rings is 1. The Morgan fingerprint density at radius 3 is 2.79 bits per heavy atom. The van der Waals surface area contributed by atoms with Crippen LogP contribution in [0.3, 0.4) is 0 Å². The summed E-state index contributed by atoms with van der Waals surface area (Å²) in [6, 6.07) is -1.09. The number of aliphatic carboxylic acids is 1. The Labute approximate surface area is 229 Å². The molecule has 0 spiro atoms. The number of carbonyl (C=O) groups excluding carboxylic acids is 2. The highest BCUT2D eigenvalue weighted by molar-refractivity contribution is 8.00. The maximum atomic E-state index is 12.9. The number of alkyl halides is 3. The summed E-state index contributed by atoms with van der Waals surface area (Å²) in [5, 5.41) is 26.6. The third-order valence-corrected chi connectivity index (χ3v) is 8.83. The summed E-state index contributed by atoms with van der Waals surface area (Å²) in [7, 11) is 0. The number of hydrogen-bond donors (Lipinski definition) is 4. The van der Waals surface area contributed by atoms with Gasteiger partial charge in [-0.2, -0.15) is 22.5 Å². The predicted octanol–water partition coefficient (Wildman–Crippen LogP) is -1.39. The Balaban J connectivity index is 1.43. The summed E-state index contributed by atoms with van der Waals surface area (Å²) < 4.78 is 42.6. The quantitative estimate of drug-likeness (QED) is 0.0993. The molecule has 0 bridgehead atoms. The number of rotatable bonds is 11. The van der Waals surface area contributed by atoms with Crippen LogP contribution < -0.4 is 16.8 Å². The average molecular weight is 612 g/mol. The molecule has 2 saturated heterocycles. The van der Waals surface area contributed by atoms with Crippen molar-refractivity contribution in [2.24, 2.45) is 16.3 Å². The van der Waals surface area contributed by atoms with E-state index in [0.29, 0.717) is 23.2 Å². The highest BCUT2D eigenvalue weighted by Crippen LogP contribution is 2.44. The number of amides is 2. The van der Waals surface area contributed by atoms with E-state index >= 15 is 0 Å². The molecule has 2 fully saturated rings. The molecule has 3 atom stereocenters. The molecule has 212 valence electrons. The van der Waals surface area contributed by atoms with Crippen LogP contribution in [0.5, 0.6) is 0 Å². The first-order valence-corrected chi connectivity index (χ1v) is 13.7. The van der Waals surface area contributed by atoms with Gasteiger partial charge in [0.25, 0.3) is 5.91 Å². The molecule has 2 aromatic heterocycles. The van der Waals surface area contributed by atoms with Crippen LogP contribution in [0.4, 0.5) is 18.3 Å². The number of oxime groups is 1. The molecular formula is C17H20F3N11O5S3. The lowest BCUT2D eigenvalue weighted by atomic mass is 9.89. The molecule has 2 aliphatic heterocycles. The number of carbonyl (C=O) groups is 3. The van der Waals surface area contributed by atoms with Gasteiger partial charge >= 0.3 is 12.1 Å². The summed E-state index contributed by atoms with van der Waals surface area (Å²) in [6.07, 6.45) is -4.71. The Morgan fingerprint density at radius 1 is 1.38 bits per heavy atom. The van der Waals surface area contributed by atoms with Gasteiger partial charge < -0.3 is 31.6 Å². The minimum atomic E-state index is -4.71. The molecule has 39 heavy (non-hydrogen) atoms. The predicted molar refractivity (Wildman–Crippen MR) is 130 cm³/mol. The van der Waals surface area contributed by atoms with Crippen LogP contribution in [-0.4, -0.2) is 112 Å². The molecule has 6 N–H and O–H groups in total. The highest BCUT2D eigenvalue weighted by Gasteiger charge is 2.57. The van der Waals surface area contributed by atoms with Gasteiger partial charge in [0, 0.05) is 36.1 Å². The second-order valence-corrected chi connectivity index (χ2v) is 11.1. The molecule has 2 aromatic rings. The number of thioether (sulfide) groups is 2. The highest BCUT2D eigenvalue weighted by atomic mass is 32.2. The number of carboxylic acid groups (broad SMARTS) is 1. The van der Waals surface area contributed by atoms with Gasteiger partial charge in [-0.25, -0.2) is 4.68 Å². The molecule has 22 heteroatoms. The number of anilines is 1. The van der Waals surface area contributed by atoms with E-state index < -0.39 is 53.1 Å².